The van der Waals surface area contributed by atoms with E-state index in [1.54, 1.807) is 0 Å². The van der Waals surface area contributed by atoms with Gasteiger partial charge in [0.05, 0.1) is 6.54 Å². The Hall–Kier alpha value is -2.97. The summed E-state index contributed by atoms with van der Waals surface area (Å²) < 4.78 is 4.77. The molecule has 0 aliphatic carbocycles. The number of aromatic nitrogens is 4. The van der Waals surface area contributed by atoms with E-state index in [1.165, 1.54) is 4.90 Å². The molecule has 0 radical (unpaired) electrons. The van der Waals surface area contributed by atoms with Gasteiger partial charge in [0.25, 0.3) is 0 Å². The number of cyclic esters (lactones) is 1. The third kappa shape index (κ3) is 3.19. The van der Waals surface area contributed by atoms with Crippen molar-refractivity contribution < 1.29 is 14.3 Å². The number of amides is 2. The van der Waals surface area contributed by atoms with E-state index in [0.29, 0.717) is 25.5 Å². The van der Waals surface area contributed by atoms with Crippen molar-refractivity contribution in [3.05, 3.63) is 29.8 Å². The number of nitrogens with one attached hydrogen (secondary N) is 2. The van der Waals surface area contributed by atoms with Crippen molar-refractivity contribution in [2.24, 2.45) is 0 Å². The molecule has 1 aromatic carbocycles. The number of nitrogens with zero attached hydrogens (tertiary/aromatic N) is 4. The van der Waals surface area contributed by atoms with Crippen LogP contribution in [0.2, 0.25) is 0 Å². The second-order valence-electron chi connectivity index (χ2n) is 4.75. The maximum atomic E-state index is 11.8. The van der Waals surface area contributed by atoms with Crippen LogP contribution in [-0.4, -0.2) is 57.2 Å². The van der Waals surface area contributed by atoms with E-state index in [-0.39, 0.29) is 12.5 Å². The van der Waals surface area contributed by atoms with E-state index in [2.05, 4.69) is 25.9 Å². The molecule has 0 spiro atoms. The molecule has 1 aromatic heterocycles. The first-order chi connectivity index (χ1) is 10.7. The van der Waals surface area contributed by atoms with E-state index in [4.69, 9.17) is 4.74 Å². The number of H-pyrrole nitrogens is 1. The third-order valence-electron chi connectivity index (χ3n) is 3.20. The van der Waals surface area contributed by atoms with Crippen LogP contribution in [0, 0.1) is 0 Å². The van der Waals surface area contributed by atoms with Gasteiger partial charge < -0.3 is 10.1 Å². The number of aromatic amines is 1. The molecule has 1 saturated heterocycles. The number of rotatable bonds is 5. The SMILES string of the molecule is O=C(CN1CCOC1=O)NCc1cccc(-c2nn[nH]n2)c1. The van der Waals surface area contributed by atoms with Crippen LogP contribution in [0.15, 0.2) is 24.3 Å². The molecule has 22 heavy (non-hydrogen) atoms. The van der Waals surface area contributed by atoms with Crippen LogP contribution in [0.4, 0.5) is 4.79 Å². The van der Waals surface area contributed by atoms with Crippen LogP contribution in [-0.2, 0) is 16.1 Å². The van der Waals surface area contributed by atoms with Gasteiger partial charge in [-0.05, 0) is 16.8 Å². The Balaban J connectivity index is 1.56. The first kappa shape index (κ1) is 14.0. The van der Waals surface area contributed by atoms with Gasteiger partial charge >= 0.3 is 6.09 Å². The Morgan fingerprint density at radius 1 is 1.45 bits per heavy atom. The maximum absolute atomic E-state index is 11.8. The molecule has 1 fully saturated rings. The fraction of sp³-hybridized carbons (Fsp3) is 0.308. The normalized spacial score (nSPS) is 14.0. The van der Waals surface area contributed by atoms with Crippen molar-refractivity contribution in [2.75, 3.05) is 19.7 Å². The van der Waals surface area contributed by atoms with Gasteiger partial charge in [-0.1, -0.05) is 18.2 Å². The predicted octanol–water partition coefficient (Wildman–Crippen LogP) is -0.0649. The van der Waals surface area contributed by atoms with Crippen molar-refractivity contribution in [3.63, 3.8) is 0 Å². The lowest BCUT2D eigenvalue weighted by Crippen LogP contribution is -2.37. The van der Waals surface area contributed by atoms with Gasteiger partial charge in [-0.2, -0.15) is 5.21 Å². The smallest absolute Gasteiger partial charge is 0.410 e. The highest BCUT2D eigenvalue weighted by Crippen LogP contribution is 2.14. The summed E-state index contributed by atoms with van der Waals surface area (Å²) in [6.07, 6.45) is -0.450. The average molecular weight is 302 g/mol. The van der Waals surface area contributed by atoms with Gasteiger partial charge in [0.2, 0.25) is 11.7 Å². The molecule has 9 heteroatoms. The topological polar surface area (TPSA) is 113 Å². The summed E-state index contributed by atoms with van der Waals surface area (Å²) in [6.45, 7) is 1.13. The second kappa shape index (κ2) is 6.20. The van der Waals surface area contributed by atoms with E-state index in [0.717, 1.165) is 11.1 Å². The van der Waals surface area contributed by atoms with Crippen molar-refractivity contribution in [2.45, 2.75) is 6.54 Å². The molecule has 2 aromatic rings. The van der Waals surface area contributed by atoms with Crippen molar-refractivity contribution in [1.82, 2.24) is 30.8 Å². The quantitative estimate of drug-likeness (QED) is 0.799. The van der Waals surface area contributed by atoms with Crippen molar-refractivity contribution in [3.8, 4) is 11.4 Å². The summed E-state index contributed by atoms with van der Waals surface area (Å²) in [4.78, 5) is 24.5. The molecule has 3 rings (SSSR count). The average Bonchev–Trinajstić information content (AvgIpc) is 3.18. The molecule has 1 aliphatic heterocycles. The fourth-order valence-corrected chi connectivity index (χ4v) is 2.10. The second-order valence-corrected chi connectivity index (χ2v) is 4.75. The zero-order valence-electron chi connectivity index (χ0n) is 11.7. The highest BCUT2D eigenvalue weighted by atomic mass is 16.6. The summed E-state index contributed by atoms with van der Waals surface area (Å²) >= 11 is 0. The molecule has 0 bridgehead atoms. The van der Waals surface area contributed by atoms with E-state index in [9.17, 15) is 9.59 Å². The first-order valence-corrected chi connectivity index (χ1v) is 6.73. The number of hydrogen-bond acceptors (Lipinski definition) is 6. The zero-order valence-corrected chi connectivity index (χ0v) is 11.7. The molecule has 0 unspecified atom stereocenters. The van der Waals surface area contributed by atoms with Crippen molar-refractivity contribution in [1.29, 1.82) is 0 Å². The molecular formula is C13H14N6O3. The van der Waals surface area contributed by atoms with Crippen molar-refractivity contribution >= 4 is 12.0 Å². The number of ether oxygens (including phenoxy) is 1. The van der Waals surface area contributed by atoms with Crippen LogP contribution >= 0.6 is 0 Å². The summed E-state index contributed by atoms with van der Waals surface area (Å²) in [5, 5.41) is 16.5. The maximum Gasteiger partial charge on any atom is 0.410 e. The first-order valence-electron chi connectivity index (χ1n) is 6.73. The Labute approximate surface area is 125 Å². The summed E-state index contributed by atoms with van der Waals surface area (Å²) in [5.41, 5.74) is 1.71. The fourth-order valence-electron chi connectivity index (χ4n) is 2.10. The Morgan fingerprint density at radius 3 is 3.09 bits per heavy atom. The summed E-state index contributed by atoms with van der Waals surface area (Å²) in [6, 6.07) is 7.46. The lowest BCUT2D eigenvalue weighted by Gasteiger charge is -2.12. The predicted molar refractivity (Wildman–Crippen MR) is 74.4 cm³/mol. The highest BCUT2D eigenvalue weighted by molar-refractivity contribution is 5.82. The standard InChI is InChI=1S/C13H14N6O3/c20-11(8-19-4-5-22-13(19)21)14-7-9-2-1-3-10(6-9)12-15-17-18-16-12/h1-3,6H,4-5,7-8H2,(H,14,20)(H,15,16,17,18). The van der Waals surface area contributed by atoms with E-state index < -0.39 is 6.09 Å². The minimum absolute atomic E-state index is 0.00334. The lowest BCUT2D eigenvalue weighted by atomic mass is 10.1. The zero-order chi connectivity index (χ0) is 15.4. The molecule has 2 heterocycles. The van der Waals surface area contributed by atoms with Gasteiger partial charge in [0.15, 0.2) is 0 Å². The molecule has 114 valence electrons. The molecular weight excluding hydrogens is 288 g/mol. The van der Waals surface area contributed by atoms with Crippen LogP contribution in [0.25, 0.3) is 11.4 Å². The van der Waals surface area contributed by atoms with Gasteiger partial charge in [-0.3, -0.25) is 9.69 Å². The van der Waals surface area contributed by atoms with Gasteiger partial charge in [0.1, 0.15) is 13.2 Å². The van der Waals surface area contributed by atoms with Crippen LogP contribution < -0.4 is 5.32 Å². The number of benzene rings is 1. The van der Waals surface area contributed by atoms with E-state index in [1.807, 2.05) is 24.3 Å². The molecule has 2 N–H and O–H groups in total. The molecule has 0 saturated carbocycles. The minimum atomic E-state index is -0.450. The Bertz CT molecular complexity index is 672. The van der Waals surface area contributed by atoms with E-state index >= 15 is 0 Å². The van der Waals surface area contributed by atoms with Gasteiger partial charge in [0, 0.05) is 12.1 Å². The number of carbonyl (C=O) groups is 2. The monoisotopic (exact) mass is 302 g/mol. The Morgan fingerprint density at radius 2 is 2.36 bits per heavy atom. The molecule has 2 amide bonds. The largest absolute Gasteiger partial charge is 0.448 e. The number of carbonyl (C=O) groups excluding carboxylic acids is 2. The summed E-state index contributed by atoms with van der Waals surface area (Å²) in [5.74, 6) is 0.261. The highest BCUT2D eigenvalue weighted by Gasteiger charge is 2.23. The lowest BCUT2D eigenvalue weighted by molar-refractivity contribution is -0.121. The van der Waals surface area contributed by atoms with Gasteiger partial charge in [-0.25, -0.2) is 4.79 Å². The summed E-state index contributed by atoms with van der Waals surface area (Å²) in [7, 11) is 0. The third-order valence-corrected chi connectivity index (χ3v) is 3.20. The van der Waals surface area contributed by atoms with Crippen LogP contribution in [0.1, 0.15) is 5.56 Å². The molecule has 1 aliphatic rings. The van der Waals surface area contributed by atoms with Crippen LogP contribution in [0.3, 0.4) is 0 Å². The minimum Gasteiger partial charge on any atom is -0.448 e. The Kier molecular flexibility index (Phi) is 3.95. The number of hydrogen-bond donors (Lipinski definition) is 2. The van der Waals surface area contributed by atoms with Crippen LogP contribution in [0.5, 0.6) is 0 Å². The number of tetrazole rings is 1. The molecule has 9 nitrogen and oxygen atoms in total. The van der Waals surface area contributed by atoms with Gasteiger partial charge in [-0.15, -0.1) is 10.2 Å². The molecule has 0 atom stereocenters.